The van der Waals surface area contributed by atoms with E-state index in [0.29, 0.717) is 0 Å². The van der Waals surface area contributed by atoms with Gasteiger partial charge in [-0.25, -0.2) is 211 Å². The van der Waals surface area contributed by atoms with Gasteiger partial charge in [0.15, 0.2) is 0 Å². The van der Waals surface area contributed by atoms with Gasteiger partial charge in [-0.3, -0.25) is 49.8 Å². The van der Waals surface area contributed by atoms with Gasteiger partial charge >= 0.3 is 136 Å². The molecule has 0 bridgehead atoms. The number of aromatic nitrogens is 15. The van der Waals surface area contributed by atoms with E-state index < -0.39 is 102 Å². The zero-order valence-electron chi connectivity index (χ0n) is 71.1. The van der Waals surface area contributed by atoms with Gasteiger partial charge in [-0.1, -0.05) is 91.0 Å². The average Bonchev–Trinajstić information content (AvgIpc) is 0.856. The minimum Gasteiger partial charge on any atom is -0.255 e. The van der Waals surface area contributed by atoms with Gasteiger partial charge in [0.05, 0.1) is 114 Å². The van der Waals surface area contributed by atoms with Gasteiger partial charge in [0, 0.05) is 62.0 Å². The van der Waals surface area contributed by atoms with Crippen LogP contribution < -0.4 is 186 Å². The van der Waals surface area contributed by atoms with Gasteiger partial charge in [0.2, 0.25) is 0 Å². The number of halogens is 10. The second-order valence-corrected chi connectivity index (χ2v) is 30.5. The second-order valence-electron chi connectivity index (χ2n) is 23.0. The van der Waals surface area contributed by atoms with E-state index in [9.17, 15) is 0 Å². The molecular formula is C75H55Cl10N15O40Pb5. The number of nitrogens with zero attached hydrogens (tertiary/aromatic N) is 15. The molecule has 0 amide bonds. The Balaban J connectivity index is -0.000000501. The summed E-state index contributed by atoms with van der Waals surface area (Å²) in [5, 5.41) is 0. The predicted octanol–water partition coefficient (Wildman–Crippen LogP) is -33.4. The Morgan fingerprint density at radius 2 is 0.159 bits per heavy atom. The van der Waals surface area contributed by atoms with E-state index in [-0.39, 0.29) is 136 Å². The van der Waals surface area contributed by atoms with Gasteiger partial charge in [0.1, 0.15) is 0 Å². The summed E-state index contributed by atoms with van der Waals surface area (Å²) >= 11 is 0. The van der Waals surface area contributed by atoms with E-state index in [1.165, 1.54) is 0 Å². The Morgan fingerprint density at radius 1 is 0.0966 bits per heavy atom. The van der Waals surface area contributed by atoms with Crippen molar-refractivity contribution in [2.75, 3.05) is 0 Å². The summed E-state index contributed by atoms with van der Waals surface area (Å²) < 4.78 is 340. The fourth-order valence-electron chi connectivity index (χ4n) is 8.74. The Bertz CT molecular complexity index is 4610. The van der Waals surface area contributed by atoms with Crippen molar-refractivity contribution < 1.29 is 289 Å². The van der Waals surface area contributed by atoms with E-state index in [1.54, 1.807) is 62.0 Å². The molecule has 0 aliphatic heterocycles. The summed E-state index contributed by atoms with van der Waals surface area (Å²) in [4.78, 5) is 65.9. The molecule has 15 rings (SSSR count). The van der Waals surface area contributed by atoms with Crippen molar-refractivity contribution in [1.29, 1.82) is 0 Å². The second kappa shape index (κ2) is 75.8. The Labute approximate surface area is 938 Å². The van der Waals surface area contributed by atoms with Crippen LogP contribution in [0.25, 0.3) is 114 Å². The van der Waals surface area contributed by atoms with Gasteiger partial charge in [-0.05, 0) is 182 Å². The smallest absolute Gasteiger partial charge is 0.255 e. The van der Waals surface area contributed by atoms with Crippen LogP contribution in [-0.4, -0.2) is 211 Å². The van der Waals surface area contributed by atoms with Crippen LogP contribution in [0.4, 0.5) is 0 Å². The fourth-order valence-corrected chi connectivity index (χ4v) is 8.74. The third-order valence-corrected chi connectivity index (χ3v) is 13.0. The number of rotatable bonds is 10. The van der Waals surface area contributed by atoms with Crippen molar-refractivity contribution in [3.8, 4) is 114 Å². The molecule has 0 saturated carbocycles. The topological polar surface area (TPSA) is 1120 Å². The molecule has 0 saturated heterocycles. The molecular weight excluding hydrogens is 3140 g/mol. The molecule has 760 valence electrons. The van der Waals surface area contributed by atoms with Crippen LogP contribution in [-0.2, 0) is 0 Å². The van der Waals surface area contributed by atoms with Crippen LogP contribution in [0.5, 0.6) is 0 Å². The third-order valence-electron chi connectivity index (χ3n) is 13.0. The Kier molecular flexibility index (Phi) is 76.6. The molecule has 15 aromatic heterocycles. The van der Waals surface area contributed by atoms with Crippen LogP contribution in [0.3, 0.4) is 0 Å². The maximum Gasteiger partial charge on any atom is 2.00 e. The monoisotopic (exact) mass is 3190 g/mol. The van der Waals surface area contributed by atoms with Gasteiger partial charge in [-0.15, -0.1) is 102 Å². The molecule has 145 heavy (non-hydrogen) atoms. The predicted molar refractivity (Wildman–Crippen MR) is 382 cm³/mol. The van der Waals surface area contributed by atoms with Crippen molar-refractivity contribution in [2.24, 2.45) is 0 Å². The normalized spacial score (nSPS) is 10.5. The molecule has 55 nitrogen and oxygen atoms in total. The van der Waals surface area contributed by atoms with Crippen molar-refractivity contribution in [3.63, 3.8) is 0 Å². The number of pyridine rings is 15. The molecule has 0 spiro atoms. The number of hydrogen-bond acceptors (Lipinski definition) is 55. The Morgan fingerprint density at radius 3 is 0.214 bits per heavy atom. The van der Waals surface area contributed by atoms with Gasteiger partial charge in [0.25, 0.3) is 0 Å². The van der Waals surface area contributed by atoms with Crippen LogP contribution in [0.1, 0.15) is 0 Å². The largest absolute Gasteiger partial charge is 2.00 e. The molecule has 0 aliphatic carbocycles. The molecule has 70 heteroatoms. The maximum absolute atomic E-state index is 8.49. The van der Waals surface area contributed by atoms with E-state index in [4.69, 9.17) is 186 Å². The van der Waals surface area contributed by atoms with Crippen LogP contribution in [0, 0.1) is 102 Å². The quantitative estimate of drug-likeness (QED) is 0.115. The van der Waals surface area contributed by atoms with Crippen molar-refractivity contribution in [2.45, 2.75) is 0 Å². The van der Waals surface area contributed by atoms with E-state index in [1.807, 2.05) is 273 Å². The van der Waals surface area contributed by atoms with Crippen LogP contribution in [0.15, 0.2) is 335 Å². The Hall–Kier alpha value is -6.84. The molecule has 0 fully saturated rings. The average molecular weight is 3200 g/mol. The van der Waals surface area contributed by atoms with Gasteiger partial charge in [-0.2, -0.15) is 0 Å². The summed E-state index contributed by atoms with van der Waals surface area (Å²) in [6.45, 7) is 0. The fraction of sp³-hybridized carbons (Fsp3) is 0. The zero-order chi connectivity index (χ0) is 106. The molecule has 15 heterocycles. The molecule has 0 atom stereocenters. The van der Waals surface area contributed by atoms with E-state index in [0.717, 1.165) is 114 Å². The minimum absolute atomic E-state index is 0. The minimum atomic E-state index is -4.94. The number of hydrogen-bond donors (Lipinski definition) is 0. The first-order chi connectivity index (χ1) is 64.7. The standard InChI is InChI=1S/5C15H11N3.10ClHO4.5Pb/c5*1-3-10-16-12(6-1)14-8-5-9-15(18-14)13-7-2-4-11-17-13;10*2-1(3,4)5;;;;;/h5*1-11H;10*(H,2,3,4,5);;;;;/q;;;;;;;;;;;;;;;5*+2/p-10. The van der Waals surface area contributed by atoms with Crippen LogP contribution in [0.2, 0.25) is 0 Å². The van der Waals surface area contributed by atoms with Crippen LogP contribution >= 0.6 is 0 Å². The first-order valence-corrected chi connectivity index (χ1v) is 47.2. The molecule has 0 unspecified atom stereocenters. The SMILES string of the molecule is [O-][Cl+3]([O-])([O-])[O-].[O-][Cl+3]([O-])([O-])[O-].[O-][Cl+3]([O-])([O-])[O-].[O-][Cl+3]([O-])([O-])[O-].[O-][Cl+3]([O-])([O-])[O-].[O-][Cl+3]([O-])([O-])[O-].[O-][Cl+3]([O-])([O-])[O-].[O-][Cl+3]([O-])([O-])[O-].[O-][Cl+3]([O-])([O-])[O-].[O-][Cl+3]([O-])([O-])[O-].[Pb+2].[Pb+2].[Pb+2].[Pb+2].[Pb+2].c1ccc(-c2cccc(-c3ccccn3)n2)nc1.c1ccc(-c2cccc(-c3ccccn3)n2)nc1.c1ccc(-c2cccc(-c3ccccn3)n2)nc1.c1ccc(-c2cccc(-c3ccccn3)n2)nc1.c1ccc(-c2cccc(-c3ccccn3)n2)nc1. The van der Waals surface area contributed by atoms with E-state index in [2.05, 4.69) is 74.8 Å². The summed E-state index contributed by atoms with van der Waals surface area (Å²) in [6.07, 6.45) is 17.7. The van der Waals surface area contributed by atoms with Crippen molar-refractivity contribution in [1.82, 2.24) is 74.8 Å². The molecule has 0 aromatic carbocycles. The first-order valence-electron chi connectivity index (χ1n) is 34.8. The third kappa shape index (κ3) is 94.1. The molecule has 15 aromatic rings. The summed E-state index contributed by atoms with van der Waals surface area (Å²) in [6, 6.07) is 87.4. The van der Waals surface area contributed by atoms with Crippen molar-refractivity contribution in [3.05, 3.63) is 335 Å². The van der Waals surface area contributed by atoms with Gasteiger partial charge < -0.3 is 0 Å². The van der Waals surface area contributed by atoms with Crippen molar-refractivity contribution >= 4 is 136 Å². The zero-order valence-corrected chi connectivity index (χ0v) is 98.1. The maximum atomic E-state index is 8.49. The first kappa shape index (κ1) is 147. The molecule has 0 N–H and O–H groups in total. The molecule has 0 aliphatic rings. The summed E-state index contributed by atoms with van der Waals surface area (Å²) in [5.41, 5.74) is 17.3. The summed E-state index contributed by atoms with van der Waals surface area (Å²) in [7, 11) is -49.4. The summed E-state index contributed by atoms with van der Waals surface area (Å²) in [5.74, 6) is 0. The van der Waals surface area contributed by atoms with E-state index >= 15 is 0 Å². The molecule has 10 radical (unpaired) electrons.